The van der Waals surface area contributed by atoms with Gasteiger partial charge in [-0.05, 0) is 25.0 Å². The van der Waals surface area contributed by atoms with E-state index in [0.717, 1.165) is 10.1 Å². The molecule has 0 unspecified atom stereocenters. The molecule has 0 atom stereocenters. The van der Waals surface area contributed by atoms with Crippen molar-refractivity contribution in [1.29, 1.82) is 0 Å². The van der Waals surface area contributed by atoms with E-state index in [1.807, 2.05) is 19.1 Å². The maximum absolute atomic E-state index is 13.7. The summed E-state index contributed by atoms with van der Waals surface area (Å²) < 4.78 is 41.9. The Kier molecular flexibility index (Phi) is 4.10. The Labute approximate surface area is 158 Å². The number of halogens is 3. The van der Waals surface area contributed by atoms with Crippen molar-refractivity contribution in [3.8, 4) is 22.3 Å². The van der Waals surface area contributed by atoms with Crippen LogP contribution in [0.5, 0.6) is 0 Å². The maximum Gasteiger partial charge on any atom is 0.435 e. The fraction of sp³-hybridized carbons (Fsp3) is 0.143. The lowest BCUT2D eigenvalue weighted by Crippen LogP contribution is -2.19. The van der Waals surface area contributed by atoms with Gasteiger partial charge in [-0.25, -0.2) is 0 Å². The minimum Gasteiger partial charge on any atom is -0.343 e. The third kappa shape index (κ3) is 2.89. The maximum atomic E-state index is 13.7. The molecule has 142 valence electrons. The summed E-state index contributed by atoms with van der Waals surface area (Å²) in [6.45, 7) is 3.56. The molecule has 7 heteroatoms. The van der Waals surface area contributed by atoms with Crippen LogP contribution in [0.2, 0.25) is 0 Å². The number of nitrogens with one attached hydrogen (secondary N) is 1. The van der Waals surface area contributed by atoms with E-state index in [1.54, 1.807) is 49.4 Å². The molecule has 0 fully saturated rings. The van der Waals surface area contributed by atoms with Crippen molar-refractivity contribution in [2.75, 3.05) is 0 Å². The van der Waals surface area contributed by atoms with Crippen molar-refractivity contribution >= 4 is 5.65 Å². The first-order chi connectivity index (χ1) is 13.3. The molecular formula is C21H16F3N3O. The topological polar surface area (TPSA) is 50.2 Å². The van der Waals surface area contributed by atoms with Crippen LogP contribution < -0.4 is 5.56 Å². The second-order valence-corrected chi connectivity index (χ2v) is 6.65. The summed E-state index contributed by atoms with van der Waals surface area (Å²) in [6, 6.07) is 15.4. The van der Waals surface area contributed by atoms with Gasteiger partial charge >= 0.3 is 6.18 Å². The van der Waals surface area contributed by atoms with Crippen LogP contribution in [-0.4, -0.2) is 14.6 Å². The van der Waals surface area contributed by atoms with E-state index in [2.05, 4.69) is 10.1 Å². The monoisotopic (exact) mass is 383 g/mol. The minimum absolute atomic E-state index is 0.0254. The Balaban J connectivity index is 2.10. The summed E-state index contributed by atoms with van der Waals surface area (Å²) in [7, 11) is 0. The van der Waals surface area contributed by atoms with E-state index in [4.69, 9.17) is 0 Å². The molecule has 2 heterocycles. The van der Waals surface area contributed by atoms with Gasteiger partial charge in [-0.3, -0.25) is 4.79 Å². The van der Waals surface area contributed by atoms with Crippen molar-refractivity contribution in [3.63, 3.8) is 0 Å². The van der Waals surface area contributed by atoms with Crippen LogP contribution in [0, 0.1) is 13.8 Å². The van der Waals surface area contributed by atoms with Crippen molar-refractivity contribution in [1.82, 2.24) is 14.6 Å². The molecule has 0 aliphatic heterocycles. The fourth-order valence-corrected chi connectivity index (χ4v) is 3.40. The summed E-state index contributed by atoms with van der Waals surface area (Å²) >= 11 is 0. The van der Waals surface area contributed by atoms with Crippen molar-refractivity contribution < 1.29 is 13.2 Å². The van der Waals surface area contributed by atoms with E-state index in [9.17, 15) is 18.0 Å². The minimum atomic E-state index is -4.70. The average molecular weight is 383 g/mol. The lowest BCUT2D eigenvalue weighted by atomic mass is 10.0. The highest BCUT2D eigenvalue weighted by atomic mass is 19.4. The van der Waals surface area contributed by atoms with Crippen LogP contribution in [-0.2, 0) is 6.18 Å². The summed E-state index contributed by atoms with van der Waals surface area (Å²) in [5.41, 5.74) is 0.895. The molecule has 0 radical (unpaired) electrons. The van der Waals surface area contributed by atoms with Crippen molar-refractivity contribution in [2.24, 2.45) is 0 Å². The molecule has 4 nitrogen and oxygen atoms in total. The standard InChI is InChI=1S/C21H16F3N3O/c1-12-7-6-10-15(11-12)16-13(2)25-19-17(14-8-4-3-5-9-14)18(21(22,23)24)26-27(19)20(16)28/h3-11,25H,1-2H3. The second-order valence-electron chi connectivity index (χ2n) is 6.65. The number of aromatic nitrogens is 3. The predicted octanol–water partition coefficient (Wildman–Crippen LogP) is 4.99. The van der Waals surface area contributed by atoms with Gasteiger partial charge in [-0.1, -0.05) is 60.2 Å². The van der Waals surface area contributed by atoms with Crippen LogP contribution >= 0.6 is 0 Å². The quantitative estimate of drug-likeness (QED) is 0.530. The molecule has 4 aromatic rings. The van der Waals surface area contributed by atoms with Crippen molar-refractivity contribution in [2.45, 2.75) is 20.0 Å². The smallest absolute Gasteiger partial charge is 0.343 e. The Bertz CT molecular complexity index is 1240. The van der Waals surface area contributed by atoms with Gasteiger partial charge in [0.1, 0.15) is 5.65 Å². The summed E-state index contributed by atoms with van der Waals surface area (Å²) in [6.07, 6.45) is -4.70. The van der Waals surface area contributed by atoms with Gasteiger partial charge in [0.25, 0.3) is 5.56 Å². The first kappa shape index (κ1) is 18.0. The van der Waals surface area contributed by atoms with E-state index in [0.29, 0.717) is 22.4 Å². The summed E-state index contributed by atoms with van der Waals surface area (Å²) in [5, 5.41) is 3.66. The number of aryl methyl sites for hydroxylation is 2. The first-order valence-corrected chi connectivity index (χ1v) is 8.62. The van der Waals surface area contributed by atoms with E-state index >= 15 is 0 Å². The van der Waals surface area contributed by atoms with Gasteiger partial charge in [0.2, 0.25) is 0 Å². The molecule has 0 spiro atoms. The molecule has 4 rings (SSSR count). The van der Waals surface area contributed by atoms with E-state index in [1.165, 1.54) is 0 Å². The number of aromatic amines is 1. The van der Waals surface area contributed by atoms with E-state index in [-0.39, 0.29) is 11.2 Å². The molecule has 0 aliphatic carbocycles. The molecule has 2 aromatic carbocycles. The number of alkyl halides is 3. The highest BCUT2D eigenvalue weighted by molar-refractivity contribution is 5.81. The number of hydrogen-bond acceptors (Lipinski definition) is 2. The van der Waals surface area contributed by atoms with Crippen LogP contribution in [0.3, 0.4) is 0 Å². The fourth-order valence-electron chi connectivity index (χ4n) is 3.40. The molecule has 2 aromatic heterocycles. The zero-order valence-electron chi connectivity index (χ0n) is 15.1. The van der Waals surface area contributed by atoms with Gasteiger partial charge in [0.05, 0.1) is 11.1 Å². The second kappa shape index (κ2) is 6.37. The largest absolute Gasteiger partial charge is 0.435 e. The van der Waals surface area contributed by atoms with Gasteiger partial charge < -0.3 is 4.98 Å². The van der Waals surface area contributed by atoms with E-state index < -0.39 is 17.4 Å². The summed E-state index contributed by atoms with van der Waals surface area (Å²) in [5.74, 6) is 0. The Morgan fingerprint density at radius 1 is 0.929 bits per heavy atom. The summed E-state index contributed by atoms with van der Waals surface area (Å²) in [4.78, 5) is 16.1. The molecular weight excluding hydrogens is 367 g/mol. The van der Waals surface area contributed by atoms with Gasteiger partial charge in [0.15, 0.2) is 5.69 Å². The number of nitrogens with zero attached hydrogens (tertiary/aromatic N) is 2. The van der Waals surface area contributed by atoms with Crippen LogP contribution in [0.4, 0.5) is 13.2 Å². The molecule has 0 aliphatic rings. The number of benzene rings is 2. The molecule has 0 saturated carbocycles. The Hall–Kier alpha value is -3.35. The molecule has 0 saturated heterocycles. The highest BCUT2D eigenvalue weighted by Gasteiger charge is 2.39. The SMILES string of the molecule is Cc1cccc(-c2c(C)[nH]c3c(-c4ccccc4)c(C(F)(F)F)nn3c2=O)c1. The molecule has 1 N–H and O–H groups in total. The molecule has 0 bridgehead atoms. The Morgan fingerprint density at radius 3 is 2.25 bits per heavy atom. The lowest BCUT2D eigenvalue weighted by molar-refractivity contribution is -0.140. The highest BCUT2D eigenvalue weighted by Crippen LogP contribution is 2.38. The number of H-pyrrole nitrogens is 1. The third-order valence-corrected chi connectivity index (χ3v) is 4.61. The zero-order valence-corrected chi connectivity index (χ0v) is 15.1. The zero-order chi connectivity index (χ0) is 20.1. The molecule has 0 amide bonds. The Morgan fingerprint density at radius 2 is 1.61 bits per heavy atom. The number of hydrogen-bond donors (Lipinski definition) is 1. The van der Waals surface area contributed by atoms with Gasteiger partial charge in [0, 0.05) is 5.69 Å². The van der Waals surface area contributed by atoms with Crippen LogP contribution in [0.1, 0.15) is 17.0 Å². The van der Waals surface area contributed by atoms with Gasteiger partial charge in [-0.2, -0.15) is 22.8 Å². The average Bonchev–Trinajstić information content (AvgIpc) is 3.02. The van der Waals surface area contributed by atoms with Crippen LogP contribution in [0.25, 0.3) is 27.9 Å². The number of fused-ring (bicyclic) bond motifs is 1. The lowest BCUT2D eigenvalue weighted by Gasteiger charge is -2.09. The molecule has 28 heavy (non-hydrogen) atoms. The normalized spacial score (nSPS) is 11.9. The van der Waals surface area contributed by atoms with Crippen LogP contribution in [0.15, 0.2) is 59.4 Å². The predicted molar refractivity (Wildman–Crippen MR) is 101 cm³/mol. The first-order valence-electron chi connectivity index (χ1n) is 8.62. The third-order valence-electron chi connectivity index (χ3n) is 4.61. The van der Waals surface area contributed by atoms with Crippen molar-refractivity contribution in [3.05, 3.63) is 81.9 Å². The number of rotatable bonds is 2. The van der Waals surface area contributed by atoms with Gasteiger partial charge in [-0.15, -0.1) is 0 Å².